The Balaban J connectivity index is 0.719. The van der Waals surface area contributed by atoms with Gasteiger partial charge in [0, 0.05) is 5.92 Å². The lowest BCUT2D eigenvalue weighted by molar-refractivity contribution is -0.396. The third kappa shape index (κ3) is 15.3. The monoisotopic (exact) mass is 1670 g/mol. The van der Waals surface area contributed by atoms with Gasteiger partial charge in [0.1, 0.15) is 177 Å². The van der Waals surface area contributed by atoms with Crippen molar-refractivity contribution >= 4 is 11.8 Å². The van der Waals surface area contributed by atoms with E-state index in [9.17, 15) is 112 Å². The summed E-state index contributed by atoms with van der Waals surface area (Å²) in [4.78, 5) is 27.9. The molecule has 5 aliphatic carbocycles. The highest BCUT2D eigenvalue weighted by molar-refractivity contribution is 5.95. The molecule has 41 nitrogen and oxygen atoms in total. The molecule has 0 spiro atoms. The second-order valence-electron chi connectivity index (χ2n) is 36.1. The van der Waals surface area contributed by atoms with Crippen molar-refractivity contribution in [2.45, 2.75) is 340 Å². The molecular weight excluding hydrogens is 1550 g/mol. The predicted molar refractivity (Wildman–Crippen MR) is 377 cm³/mol. The minimum atomic E-state index is -2.27. The lowest BCUT2D eigenvalue weighted by Gasteiger charge is -2.70. The summed E-state index contributed by atoms with van der Waals surface area (Å²) in [6.07, 6.45) is -62.1. The largest absolute Gasteiger partial charge is 0.481 e. The van der Waals surface area contributed by atoms with E-state index in [1.54, 1.807) is 0 Å². The second-order valence-corrected chi connectivity index (χ2v) is 36.1. The zero-order chi connectivity index (χ0) is 83.9. The summed E-state index contributed by atoms with van der Waals surface area (Å²) in [6, 6.07) is 0. The number of hydrogen-bond donors (Lipinski definition) is 21. The Bertz CT molecular complexity index is 3570. The fourth-order valence-electron chi connectivity index (χ4n) is 21.9. The molecule has 44 atom stereocenters. The molecule has 41 heteroatoms. The molecule has 14 bridgehead atoms. The van der Waals surface area contributed by atoms with Crippen molar-refractivity contribution in [3.05, 3.63) is 23.5 Å². The van der Waals surface area contributed by atoms with Gasteiger partial charge in [0.05, 0.1) is 70.5 Å². The van der Waals surface area contributed by atoms with Crippen LogP contribution in [0.15, 0.2) is 17.8 Å². The molecule has 21 saturated heterocycles. The minimum Gasteiger partial charge on any atom is -0.481 e. The Hall–Kier alpha value is -3.38. The number of aliphatic carboxylic acids is 1. The van der Waals surface area contributed by atoms with Crippen LogP contribution in [0.4, 0.5) is 0 Å². The number of hydrogen-bond acceptors (Lipinski definition) is 39. The number of ether oxygens (including phenoxy) is 15. The van der Waals surface area contributed by atoms with E-state index in [0.29, 0.717) is 25.7 Å². The van der Waals surface area contributed by atoms with Crippen LogP contribution in [0.2, 0.25) is 0 Å². The minimum absolute atomic E-state index is 0.0197. The van der Waals surface area contributed by atoms with E-state index < -0.39 is 289 Å². The zero-order valence-corrected chi connectivity index (χ0v) is 65.4. The molecule has 26 aliphatic rings. The molecule has 1 aromatic heterocycles. The number of allylic oxidation sites excluding steroid dienone is 2. The molecular formula is C75H117N3O38. The maximum atomic E-state index is 15.2. The van der Waals surface area contributed by atoms with Crippen LogP contribution in [0.5, 0.6) is 0 Å². The lowest BCUT2D eigenvalue weighted by Crippen LogP contribution is -2.68. The van der Waals surface area contributed by atoms with E-state index in [-0.39, 0.29) is 52.8 Å². The first-order valence-electron chi connectivity index (χ1n) is 40.1. The van der Waals surface area contributed by atoms with Gasteiger partial charge in [-0.1, -0.05) is 52.3 Å². The summed E-state index contributed by atoms with van der Waals surface area (Å²) in [5.41, 5.74) is -1.34. The highest BCUT2D eigenvalue weighted by Gasteiger charge is 2.71. The van der Waals surface area contributed by atoms with E-state index in [4.69, 9.17) is 71.1 Å². The number of aliphatic hydroxyl groups is 20. The Kier molecular flexibility index (Phi) is 26.0. The second kappa shape index (κ2) is 33.9. The molecule has 27 rings (SSSR count). The summed E-state index contributed by atoms with van der Waals surface area (Å²) in [7, 11) is 0. The Morgan fingerprint density at radius 2 is 0.776 bits per heavy atom. The van der Waals surface area contributed by atoms with Crippen molar-refractivity contribution in [3.8, 4) is 0 Å². The van der Waals surface area contributed by atoms with Crippen molar-refractivity contribution in [2.75, 3.05) is 39.6 Å². The summed E-state index contributed by atoms with van der Waals surface area (Å²) in [5, 5.41) is 247. The molecule has 0 radical (unpaired) electrons. The average Bonchev–Trinajstić information content (AvgIpc) is 0.673. The summed E-state index contributed by atoms with van der Waals surface area (Å²) >= 11 is 0. The number of nitrogens with zero attached hydrogens (tertiary/aromatic N) is 3. The number of aliphatic hydroxyl groups excluding tert-OH is 20. The van der Waals surface area contributed by atoms with Crippen LogP contribution in [0.3, 0.4) is 0 Å². The Morgan fingerprint density at radius 1 is 0.440 bits per heavy atom. The van der Waals surface area contributed by atoms with Crippen molar-refractivity contribution in [1.82, 2.24) is 15.0 Å². The third-order valence-corrected chi connectivity index (χ3v) is 29.0. The quantitative estimate of drug-likeness (QED) is 0.0924. The van der Waals surface area contributed by atoms with Crippen LogP contribution in [-0.4, -0.2) is 395 Å². The number of carbonyl (C=O) groups excluding carboxylic acids is 1. The van der Waals surface area contributed by atoms with Gasteiger partial charge in [0.25, 0.3) is 0 Å². The van der Waals surface area contributed by atoms with Gasteiger partial charge in [-0.3, -0.25) is 9.59 Å². The van der Waals surface area contributed by atoms with Crippen LogP contribution < -0.4 is 0 Å². The van der Waals surface area contributed by atoms with Crippen LogP contribution in [-0.2, 0) is 93.8 Å². The molecule has 0 unspecified atom stereocenters. The molecule has 22 heterocycles. The standard InChI is InChI=1S/C75H117N3O38/c1-70(2)38-8-11-75(7)61(30(85)16-28-29-17-72(4,69(100)101)13-12-71(29,3)14-15-74(28,75)6)73(38,5)10-9-39(70)102-26-27-18-78(77-76-27)19-31-54-40(86)47(93)62(103-31)111-55-32(20-79)105-64(49(95)42(55)88)113-57-34(22-81)107-66(51(97)44(57)90)115-59-36(24-83)109-68(53(99)46(59)92)116-60-37(25-84)108-67(52(98)45(60)91)114-58-35(23-82)106-65(50(96)43(58)89)112-56-33(21-80)104-63(110-54)48(94)41(56)87/h16,18,29,31-68,79-84,86-99H,8-15,17,19-26H2,1-7H3,(H,100,101)/t29-,31+,32+,33+,34+,35+,36+,37+,38-,39-,40+,41+,42+,43+,44+,45+,46+,47+,48+,49+,50+,51+,52+,53+,54+,55+,56+,57+,58+,59+,60+,61+,62+,63+,64+,65+,66+,67+,68+,71+,72-,73-,74+,75+/m0/s1. The van der Waals surface area contributed by atoms with Crippen LogP contribution in [0, 0.1) is 50.2 Å². The summed E-state index contributed by atoms with van der Waals surface area (Å²) in [5.74, 6) is -1.06. The van der Waals surface area contributed by atoms with E-state index in [0.717, 1.165) is 37.7 Å². The van der Waals surface area contributed by atoms with Gasteiger partial charge in [-0.05, 0) is 110 Å². The van der Waals surface area contributed by atoms with E-state index in [1.807, 2.05) is 13.0 Å². The number of carboxylic acids is 1. The van der Waals surface area contributed by atoms with Gasteiger partial charge in [0.2, 0.25) is 0 Å². The number of carbonyl (C=O) groups is 2. The highest BCUT2D eigenvalue weighted by Crippen LogP contribution is 2.75. The van der Waals surface area contributed by atoms with Gasteiger partial charge in [-0.2, -0.15) is 0 Å². The molecule has 21 aliphatic heterocycles. The summed E-state index contributed by atoms with van der Waals surface area (Å²) in [6.45, 7) is 8.25. The first-order valence-corrected chi connectivity index (χ1v) is 40.1. The molecule has 0 amide bonds. The Labute approximate surface area is 666 Å². The maximum Gasteiger partial charge on any atom is 0.309 e. The summed E-state index contributed by atoms with van der Waals surface area (Å²) < 4.78 is 91.0. The number of ketones is 1. The molecule has 25 fully saturated rings. The predicted octanol–water partition coefficient (Wildman–Crippen LogP) is -7.98. The fraction of sp³-hybridized carbons (Fsp3) is 0.920. The molecule has 0 aromatic carbocycles. The Morgan fingerprint density at radius 3 is 1.12 bits per heavy atom. The van der Waals surface area contributed by atoms with Gasteiger partial charge in [-0.25, -0.2) is 4.68 Å². The molecule has 21 N–H and O–H groups in total. The van der Waals surface area contributed by atoms with Crippen molar-refractivity contribution in [2.24, 2.45) is 50.2 Å². The van der Waals surface area contributed by atoms with Crippen LogP contribution >= 0.6 is 0 Å². The van der Waals surface area contributed by atoms with Crippen molar-refractivity contribution in [3.63, 3.8) is 0 Å². The fourth-order valence-corrected chi connectivity index (χ4v) is 21.9. The molecule has 116 heavy (non-hydrogen) atoms. The topological polar surface area (TPSA) is 628 Å². The van der Waals surface area contributed by atoms with Gasteiger partial charge >= 0.3 is 5.97 Å². The van der Waals surface area contributed by atoms with E-state index in [2.05, 4.69) is 51.9 Å². The number of fused-ring (bicyclic) bond motifs is 7. The van der Waals surface area contributed by atoms with Crippen LogP contribution in [0.25, 0.3) is 0 Å². The van der Waals surface area contributed by atoms with Crippen molar-refractivity contribution < 1.29 is 188 Å². The normalized spacial score (nSPS) is 53.3. The lowest BCUT2D eigenvalue weighted by atomic mass is 9.33. The third-order valence-electron chi connectivity index (χ3n) is 29.0. The molecule has 1 aromatic rings. The van der Waals surface area contributed by atoms with Gasteiger partial charge < -0.3 is 178 Å². The van der Waals surface area contributed by atoms with Gasteiger partial charge in [-0.15, -0.1) is 5.10 Å². The number of carboxylic acid groups (broad SMARTS) is 1. The van der Waals surface area contributed by atoms with Gasteiger partial charge in [0.15, 0.2) is 49.8 Å². The van der Waals surface area contributed by atoms with E-state index >= 15 is 4.79 Å². The number of rotatable bonds is 12. The zero-order valence-electron chi connectivity index (χ0n) is 65.4. The van der Waals surface area contributed by atoms with Crippen molar-refractivity contribution in [1.29, 1.82) is 0 Å². The van der Waals surface area contributed by atoms with E-state index in [1.165, 1.54) is 10.9 Å². The first-order chi connectivity index (χ1) is 54.8. The smallest absolute Gasteiger partial charge is 0.309 e. The van der Waals surface area contributed by atoms with Crippen LogP contribution in [0.1, 0.15) is 112 Å². The number of aromatic nitrogens is 3. The molecule has 4 saturated carbocycles. The maximum absolute atomic E-state index is 15.2. The first kappa shape index (κ1) is 88.9. The highest BCUT2D eigenvalue weighted by atomic mass is 16.8. The SMILES string of the molecule is CC1(C)[C@@H](OCc2cn(C[C@H]3O[C@@H]4O[C@H]5[C@H](O)[C@@H](O)[C@@H](O[C@H]6[C@H](O)[C@@H](O)[C@@H](O[C@H]7[C@H](O)[C@@H](O)[C@@H](O[C@H]8[C@H](O)[C@@H](O)[C@@H](O[C@H]9[C@H](O)[C@@H](O)[C@@H](O[C@H]%10[C@H](O)[C@@H](O)[C@@H](O[C@H]3[C@H](O)[C@H]4O)O[C@@H]%10CO)O[C@@H]9CO)O[C@@H]8CO)O[C@@H]7CO)O[C@@H]6CO)O[C@@H]5CO)nn2)CC[C@]2(C)[C@H]3C(=O)C=C4[C@@H]5C[C@@](C)(C(=O)O)CC[C@]5(C)CC[C@@]4(C)[C@]3(C)CC[C@@H]12. The average molecular weight is 1670 g/mol. The molecule has 660 valence electrons.